The Bertz CT molecular complexity index is 287. The summed E-state index contributed by atoms with van der Waals surface area (Å²) < 4.78 is 0. The van der Waals surface area contributed by atoms with Gasteiger partial charge in [-0.2, -0.15) is 11.8 Å². The maximum Gasteiger partial charge on any atom is 0.0438 e. The van der Waals surface area contributed by atoms with Gasteiger partial charge in [-0.1, -0.05) is 31.2 Å². The van der Waals surface area contributed by atoms with Crippen LogP contribution in [0.5, 0.6) is 0 Å². The lowest BCUT2D eigenvalue weighted by Gasteiger charge is -2.05. The van der Waals surface area contributed by atoms with Gasteiger partial charge in [0.1, 0.15) is 0 Å². The summed E-state index contributed by atoms with van der Waals surface area (Å²) in [6.45, 7) is 4.47. The van der Waals surface area contributed by atoms with Crippen molar-refractivity contribution < 1.29 is 5.11 Å². The van der Waals surface area contributed by atoms with Gasteiger partial charge in [0.15, 0.2) is 0 Å². The fourth-order valence-electron chi connectivity index (χ4n) is 1.54. The SMILES string of the molecule is CCc1ccc(CNCCSCCCO)cc1. The molecular formula is C14H23NOS. The molecule has 96 valence electrons. The van der Waals surface area contributed by atoms with Gasteiger partial charge < -0.3 is 10.4 Å². The van der Waals surface area contributed by atoms with Gasteiger partial charge in [-0.15, -0.1) is 0 Å². The summed E-state index contributed by atoms with van der Waals surface area (Å²) in [4.78, 5) is 0. The average molecular weight is 253 g/mol. The molecule has 0 unspecified atom stereocenters. The monoisotopic (exact) mass is 253 g/mol. The van der Waals surface area contributed by atoms with Crippen molar-refractivity contribution in [1.82, 2.24) is 5.32 Å². The molecule has 0 fully saturated rings. The Kier molecular flexibility index (Phi) is 8.14. The molecule has 0 amide bonds. The lowest BCUT2D eigenvalue weighted by atomic mass is 10.1. The summed E-state index contributed by atoms with van der Waals surface area (Å²) >= 11 is 1.90. The smallest absolute Gasteiger partial charge is 0.0438 e. The Labute approximate surface area is 109 Å². The average Bonchev–Trinajstić information content (AvgIpc) is 2.38. The van der Waals surface area contributed by atoms with Crippen molar-refractivity contribution in [3.05, 3.63) is 35.4 Å². The number of thioether (sulfide) groups is 1. The third-order valence-electron chi connectivity index (χ3n) is 2.63. The van der Waals surface area contributed by atoms with Crippen LogP contribution >= 0.6 is 11.8 Å². The predicted octanol–water partition coefficient (Wildman–Crippen LogP) is 2.45. The van der Waals surface area contributed by atoms with E-state index >= 15 is 0 Å². The highest BCUT2D eigenvalue weighted by molar-refractivity contribution is 7.99. The van der Waals surface area contributed by atoms with Gasteiger partial charge in [0.2, 0.25) is 0 Å². The van der Waals surface area contributed by atoms with E-state index in [0.717, 1.165) is 37.4 Å². The van der Waals surface area contributed by atoms with Gasteiger partial charge in [-0.3, -0.25) is 0 Å². The molecule has 0 bridgehead atoms. The Balaban J connectivity index is 2.05. The van der Waals surface area contributed by atoms with Crippen LogP contribution in [0.25, 0.3) is 0 Å². The summed E-state index contributed by atoms with van der Waals surface area (Å²) in [5.41, 5.74) is 2.75. The van der Waals surface area contributed by atoms with E-state index in [-0.39, 0.29) is 0 Å². The van der Waals surface area contributed by atoms with E-state index < -0.39 is 0 Å². The third-order valence-corrected chi connectivity index (χ3v) is 3.70. The van der Waals surface area contributed by atoms with Gasteiger partial charge in [-0.05, 0) is 29.7 Å². The van der Waals surface area contributed by atoms with Crippen molar-refractivity contribution in [1.29, 1.82) is 0 Å². The van der Waals surface area contributed by atoms with Crippen LogP contribution < -0.4 is 5.32 Å². The van der Waals surface area contributed by atoms with Crippen LogP contribution in [0.15, 0.2) is 24.3 Å². The Hall–Kier alpha value is -0.510. The second-order valence-electron chi connectivity index (χ2n) is 4.04. The topological polar surface area (TPSA) is 32.3 Å². The minimum absolute atomic E-state index is 0.310. The van der Waals surface area contributed by atoms with Crippen molar-refractivity contribution in [2.24, 2.45) is 0 Å². The van der Waals surface area contributed by atoms with Crippen LogP contribution in [0.2, 0.25) is 0 Å². The van der Waals surface area contributed by atoms with Crippen LogP contribution in [-0.2, 0) is 13.0 Å². The molecule has 0 saturated carbocycles. The van der Waals surface area contributed by atoms with Gasteiger partial charge in [-0.25, -0.2) is 0 Å². The third kappa shape index (κ3) is 6.71. The number of hydrogen-bond acceptors (Lipinski definition) is 3. The Morgan fingerprint density at radius 1 is 1.12 bits per heavy atom. The van der Waals surface area contributed by atoms with Gasteiger partial charge in [0.25, 0.3) is 0 Å². The minimum Gasteiger partial charge on any atom is -0.396 e. The van der Waals surface area contributed by atoms with Crippen molar-refractivity contribution in [3.63, 3.8) is 0 Å². The molecule has 0 aromatic heterocycles. The standard InChI is InChI=1S/C14H23NOS/c1-2-13-4-6-14(7-5-13)12-15-8-11-17-10-3-9-16/h4-7,15-16H,2-3,8-12H2,1H3. The van der Waals surface area contributed by atoms with Crippen molar-refractivity contribution in [3.8, 4) is 0 Å². The number of aryl methyl sites for hydroxylation is 1. The first-order valence-electron chi connectivity index (χ1n) is 6.34. The molecule has 0 atom stereocenters. The molecule has 0 aliphatic carbocycles. The van der Waals surface area contributed by atoms with Gasteiger partial charge in [0, 0.05) is 25.4 Å². The Morgan fingerprint density at radius 2 is 1.82 bits per heavy atom. The van der Waals surface area contributed by atoms with Crippen molar-refractivity contribution in [2.75, 3.05) is 24.7 Å². The molecule has 0 heterocycles. The molecular weight excluding hydrogens is 230 g/mol. The van der Waals surface area contributed by atoms with E-state index in [2.05, 4.69) is 36.5 Å². The summed E-state index contributed by atoms with van der Waals surface area (Å²) in [7, 11) is 0. The molecule has 0 aliphatic rings. The van der Waals surface area contributed by atoms with Crippen molar-refractivity contribution >= 4 is 11.8 Å². The van der Waals surface area contributed by atoms with Crippen LogP contribution in [0.1, 0.15) is 24.5 Å². The fourth-order valence-corrected chi connectivity index (χ4v) is 2.36. The van der Waals surface area contributed by atoms with Crippen LogP contribution in [0.4, 0.5) is 0 Å². The lowest BCUT2D eigenvalue weighted by Crippen LogP contribution is -2.16. The summed E-state index contributed by atoms with van der Waals surface area (Å²) in [6, 6.07) is 8.80. The second-order valence-corrected chi connectivity index (χ2v) is 5.26. The molecule has 0 aliphatic heterocycles. The number of benzene rings is 1. The molecule has 3 heteroatoms. The maximum atomic E-state index is 8.63. The van der Waals surface area contributed by atoms with Gasteiger partial charge in [0.05, 0.1) is 0 Å². The highest BCUT2D eigenvalue weighted by atomic mass is 32.2. The van der Waals surface area contributed by atoms with Gasteiger partial charge >= 0.3 is 0 Å². The molecule has 2 N–H and O–H groups in total. The second kappa shape index (κ2) is 9.51. The number of aliphatic hydroxyl groups excluding tert-OH is 1. The number of aliphatic hydroxyl groups is 1. The van der Waals surface area contributed by atoms with Crippen LogP contribution in [-0.4, -0.2) is 29.8 Å². The first kappa shape index (κ1) is 14.6. The zero-order valence-corrected chi connectivity index (χ0v) is 11.4. The number of hydrogen-bond donors (Lipinski definition) is 2. The van der Waals surface area contributed by atoms with E-state index in [4.69, 9.17) is 5.11 Å². The number of nitrogens with one attached hydrogen (secondary N) is 1. The zero-order valence-electron chi connectivity index (χ0n) is 10.6. The van der Waals surface area contributed by atoms with E-state index in [1.807, 2.05) is 11.8 Å². The highest BCUT2D eigenvalue weighted by Gasteiger charge is 1.94. The molecule has 1 rings (SSSR count). The van der Waals surface area contributed by atoms with E-state index in [1.165, 1.54) is 11.1 Å². The molecule has 1 aromatic carbocycles. The maximum absolute atomic E-state index is 8.63. The first-order chi connectivity index (χ1) is 8.36. The summed E-state index contributed by atoms with van der Waals surface area (Å²) in [5, 5.41) is 12.1. The summed E-state index contributed by atoms with van der Waals surface area (Å²) in [5.74, 6) is 2.18. The molecule has 1 aromatic rings. The van der Waals surface area contributed by atoms with E-state index in [9.17, 15) is 0 Å². The van der Waals surface area contributed by atoms with Crippen LogP contribution in [0.3, 0.4) is 0 Å². The van der Waals surface area contributed by atoms with Crippen molar-refractivity contribution in [2.45, 2.75) is 26.3 Å². The first-order valence-corrected chi connectivity index (χ1v) is 7.49. The van der Waals surface area contributed by atoms with E-state index in [0.29, 0.717) is 6.61 Å². The number of rotatable bonds is 9. The quantitative estimate of drug-likeness (QED) is 0.663. The normalized spacial score (nSPS) is 10.7. The van der Waals surface area contributed by atoms with E-state index in [1.54, 1.807) is 0 Å². The highest BCUT2D eigenvalue weighted by Crippen LogP contribution is 2.05. The lowest BCUT2D eigenvalue weighted by molar-refractivity contribution is 0.296. The predicted molar refractivity (Wildman–Crippen MR) is 76.6 cm³/mol. The molecule has 0 saturated heterocycles. The molecule has 17 heavy (non-hydrogen) atoms. The zero-order chi connectivity index (χ0) is 12.3. The fraction of sp³-hybridized carbons (Fsp3) is 0.571. The Morgan fingerprint density at radius 3 is 2.47 bits per heavy atom. The molecule has 2 nitrogen and oxygen atoms in total. The minimum atomic E-state index is 0.310. The van der Waals surface area contributed by atoms with Crippen LogP contribution in [0, 0.1) is 0 Å². The summed E-state index contributed by atoms with van der Waals surface area (Å²) in [6.07, 6.45) is 2.01. The molecule has 0 spiro atoms. The molecule has 0 radical (unpaired) electrons. The largest absolute Gasteiger partial charge is 0.396 e.